The minimum absolute atomic E-state index is 0.00409. The van der Waals surface area contributed by atoms with Crippen LogP contribution in [0.25, 0.3) is 5.69 Å². The number of thioether (sulfide) groups is 1. The fraction of sp³-hybridized carbons (Fsp3) is 0.368. The second-order valence-electron chi connectivity index (χ2n) is 7.61. The summed E-state index contributed by atoms with van der Waals surface area (Å²) in [7, 11) is 1.21. The van der Waals surface area contributed by atoms with Crippen LogP contribution in [0.15, 0.2) is 41.6 Å². The van der Waals surface area contributed by atoms with Crippen LogP contribution >= 0.6 is 11.8 Å². The molecule has 160 valence electrons. The van der Waals surface area contributed by atoms with Gasteiger partial charge in [0.25, 0.3) is 0 Å². The number of rotatable bonds is 5. The third-order valence-corrected chi connectivity index (χ3v) is 5.19. The number of para-hydroxylation sites is 1. The molecule has 0 saturated heterocycles. The van der Waals surface area contributed by atoms with Gasteiger partial charge in [-0.1, -0.05) is 50.7 Å². The molecule has 11 heteroatoms. The molecule has 0 spiro atoms. The van der Waals surface area contributed by atoms with Gasteiger partial charge in [-0.05, 0) is 12.1 Å². The van der Waals surface area contributed by atoms with Crippen molar-refractivity contribution in [2.45, 2.75) is 37.5 Å². The molecule has 3 rings (SSSR count). The van der Waals surface area contributed by atoms with Crippen molar-refractivity contribution in [3.8, 4) is 5.69 Å². The van der Waals surface area contributed by atoms with Gasteiger partial charge in [0, 0.05) is 18.5 Å². The summed E-state index contributed by atoms with van der Waals surface area (Å²) in [6.45, 7) is 6.04. The van der Waals surface area contributed by atoms with Crippen LogP contribution in [0.2, 0.25) is 0 Å². The van der Waals surface area contributed by atoms with Crippen molar-refractivity contribution in [1.82, 2.24) is 24.5 Å². The molecule has 30 heavy (non-hydrogen) atoms. The molecule has 0 fully saturated rings. The number of benzene rings is 1. The van der Waals surface area contributed by atoms with Gasteiger partial charge in [-0.25, -0.2) is 4.68 Å². The standard InChI is InChI=1S/C19H21F3N6OS/c1-18(2,3)13-10-14(28(26-13)12-8-6-5-7-9-12)23-15(29)11-30-17-25-24-16(27(17)4)19(20,21)22/h5-10H,11H2,1-4H3,(H,23,29). The summed E-state index contributed by atoms with van der Waals surface area (Å²) in [6, 6.07) is 11.1. The Balaban J connectivity index is 1.77. The third-order valence-electron chi connectivity index (χ3n) is 4.17. The molecule has 2 heterocycles. The fourth-order valence-corrected chi connectivity index (χ4v) is 3.31. The van der Waals surface area contributed by atoms with Crippen molar-refractivity contribution >= 4 is 23.5 Å². The molecule has 0 aliphatic rings. The van der Waals surface area contributed by atoms with E-state index < -0.39 is 17.9 Å². The van der Waals surface area contributed by atoms with E-state index in [1.165, 1.54) is 7.05 Å². The first kappa shape index (κ1) is 21.9. The highest BCUT2D eigenvalue weighted by atomic mass is 32.2. The second-order valence-corrected chi connectivity index (χ2v) is 8.55. The van der Waals surface area contributed by atoms with Crippen LogP contribution < -0.4 is 5.32 Å². The van der Waals surface area contributed by atoms with E-state index >= 15 is 0 Å². The monoisotopic (exact) mass is 438 g/mol. The predicted molar refractivity (Wildman–Crippen MR) is 108 cm³/mol. The lowest BCUT2D eigenvalue weighted by Gasteiger charge is -2.14. The molecule has 0 unspecified atom stereocenters. The number of carbonyl (C=O) groups is 1. The minimum Gasteiger partial charge on any atom is -0.310 e. The van der Waals surface area contributed by atoms with Crippen molar-refractivity contribution in [2.75, 3.05) is 11.1 Å². The molecule has 3 aromatic rings. The molecule has 2 aromatic heterocycles. The SMILES string of the molecule is Cn1c(SCC(=O)Nc2cc(C(C)(C)C)nn2-c2ccccc2)nnc1C(F)(F)F. The van der Waals surface area contributed by atoms with E-state index in [1.807, 2.05) is 51.1 Å². The van der Waals surface area contributed by atoms with Gasteiger partial charge in [0.1, 0.15) is 5.82 Å². The van der Waals surface area contributed by atoms with Gasteiger partial charge in [0.05, 0.1) is 17.1 Å². The third kappa shape index (κ3) is 4.84. The smallest absolute Gasteiger partial charge is 0.310 e. The topological polar surface area (TPSA) is 77.6 Å². The average Bonchev–Trinajstić information content (AvgIpc) is 3.24. The number of hydrogen-bond acceptors (Lipinski definition) is 5. The first-order chi connectivity index (χ1) is 14.0. The van der Waals surface area contributed by atoms with Crippen LogP contribution in [0.3, 0.4) is 0 Å². The highest BCUT2D eigenvalue weighted by Gasteiger charge is 2.37. The zero-order chi connectivity index (χ0) is 22.1. The largest absolute Gasteiger partial charge is 0.451 e. The van der Waals surface area contributed by atoms with Gasteiger partial charge in [0.15, 0.2) is 5.16 Å². The van der Waals surface area contributed by atoms with E-state index in [0.29, 0.717) is 5.82 Å². The van der Waals surface area contributed by atoms with Crippen LogP contribution in [0.5, 0.6) is 0 Å². The van der Waals surface area contributed by atoms with E-state index in [9.17, 15) is 18.0 Å². The van der Waals surface area contributed by atoms with Crippen LogP contribution in [0, 0.1) is 0 Å². The summed E-state index contributed by atoms with van der Waals surface area (Å²) in [5.74, 6) is -1.16. The van der Waals surface area contributed by atoms with Gasteiger partial charge in [-0.15, -0.1) is 10.2 Å². The first-order valence-electron chi connectivity index (χ1n) is 9.02. The molecule has 7 nitrogen and oxygen atoms in total. The molecule has 0 atom stereocenters. The van der Waals surface area contributed by atoms with Gasteiger partial charge in [-0.3, -0.25) is 4.79 Å². The van der Waals surface area contributed by atoms with E-state index in [-0.39, 0.29) is 16.3 Å². The summed E-state index contributed by atoms with van der Waals surface area (Å²) >= 11 is 0.873. The van der Waals surface area contributed by atoms with Crippen molar-refractivity contribution < 1.29 is 18.0 Å². The lowest BCUT2D eigenvalue weighted by molar-refractivity contribution is -0.147. The van der Waals surface area contributed by atoms with Gasteiger partial charge >= 0.3 is 6.18 Å². The lowest BCUT2D eigenvalue weighted by Crippen LogP contribution is -2.17. The molecule has 0 radical (unpaired) electrons. The molecule has 0 aliphatic carbocycles. The molecule has 1 amide bonds. The van der Waals surface area contributed by atoms with Crippen LogP contribution in [0.1, 0.15) is 32.3 Å². The summed E-state index contributed by atoms with van der Waals surface area (Å²) < 4.78 is 40.9. The molecular formula is C19H21F3N6OS. The van der Waals surface area contributed by atoms with Crippen molar-refractivity contribution in [3.63, 3.8) is 0 Å². The Kier molecular flexibility index (Phi) is 5.93. The Morgan fingerprint density at radius 1 is 1.13 bits per heavy atom. The Labute approximate surface area is 175 Å². The minimum atomic E-state index is -4.60. The zero-order valence-corrected chi connectivity index (χ0v) is 17.7. The molecular weight excluding hydrogens is 417 g/mol. The van der Waals surface area contributed by atoms with E-state index in [2.05, 4.69) is 20.6 Å². The summed E-state index contributed by atoms with van der Waals surface area (Å²) in [5.41, 5.74) is 1.33. The number of alkyl halides is 3. The van der Waals surface area contributed by atoms with Crippen molar-refractivity contribution in [2.24, 2.45) is 7.05 Å². The number of aromatic nitrogens is 5. The number of anilines is 1. The number of amides is 1. The van der Waals surface area contributed by atoms with Crippen LogP contribution in [-0.4, -0.2) is 36.2 Å². The van der Waals surface area contributed by atoms with Crippen molar-refractivity contribution in [1.29, 1.82) is 0 Å². The number of nitrogens with zero attached hydrogens (tertiary/aromatic N) is 5. The maximum atomic E-state index is 12.8. The Bertz CT molecular complexity index is 1040. The molecule has 0 saturated carbocycles. The normalized spacial score (nSPS) is 12.2. The van der Waals surface area contributed by atoms with E-state index in [0.717, 1.165) is 27.7 Å². The predicted octanol–water partition coefficient (Wildman–Crippen LogP) is 4.05. The Hall–Kier alpha value is -2.82. The Morgan fingerprint density at radius 3 is 2.37 bits per heavy atom. The fourth-order valence-electron chi connectivity index (χ4n) is 2.60. The zero-order valence-electron chi connectivity index (χ0n) is 16.9. The van der Waals surface area contributed by atoms with Crippen LogP contribution in [-0.2, 0) is 23.4 Å². The highest BCUT2D eigenvalue weighted by Crippen LogP contribution is 2.30. The molecule has 1 aromatic carbocycles. The second kappa shape index (κ2) is 8.13. The van der Waals surface area contributed by atoms with E-state index in [4.69, 9.17) is 0 Å². The van der Waals surface area contributed by atoms with E-state index in [1.54, 1.807) is 10.7 Å². The average molecular weight is 438 g/mol. The molecule has 0 bridgehead atoms. The summed E-state index contributed by atoms with van der Waals surface area (Å²) in [4.78, 5) is 12.5. The van der Waals surface area contributed by atoms with Crippen LogP contribution in [0.4, 0.5) is 19.0 Å². The summed E-state index contributed by atoms with van der Waals surface area (Å²) in [6.07, 6.45) is -4.60. The lowest BCUT2D eigenvalue weighted by atomic mass is 9.92. The maximum absolute atomic E-state index is 12.8. The number of halogens is 3. The quantitative estimate of drug-likeness (QED) is 0.608. The number of nitrogens with one attached hydrogen (secondary N) is 1. The van der Waals surface area contributed by atoms with Gasteiger partial charge < -0.3 is 9.88 Å². The summed E-state index contributed by atoms with van der Waals surface area (Å²) in [5, 5.41) is 14.1. The molecule has 0 aliphatic heterocycles. The van der Waals surface area contributed by atoms with Crippen molar-refractivity contribution in [3.05, 3.63) is 47.9 Å². The maximum Gasteiger partial charge on any atom is 0.451 e. The number of hydrogen-bond donors (Lipinski definition) is 1. The Morgan fingerprint density at radius 2 is 1.80 bits per heavy atom. The molecule has 1 N–H and O–H groups in total. The van der Waals surface area contributed by atoms with Gasteiger partial charge in [-0.2, -0.15) is 18.3 Å². The number of carbonyl (C=O) groups excluding carboxylic acids is 1. The first-order valence-corrected chi connectivity index (χ1v) is 10.0. The highest BCUT2D eigenvalue weighted by molar-refractivity contribution is 7.99. The van der Waals surface area contributed by atoms with Gasteiger partial charge in [0.2, 0.25) is 11.7 Å².